The van der Waals surface area contributed by atoms with Gasteiger partial charge in [0.25, 0.3) is 0 Å². The Balaban J connectivity index is 1.05. The molecule has 1 amide bonds. The van der Waals surface area contributed by atoms with E-state index in [9.17, 15) is 4.79 Å². The number of carbonyl (C=O) groups is 1. The van der Waals surface area contributed by atoms with E-state index in [1.807, 2.05) is 24.3 Å². The van der Waals surface area contributed by atoms with Gasteiger partial charge in [0.05, 0.1) is 23.2 Å². The molecule has 0 aliphatic carbocycles. The topological polar surface area (TPSA) is 67.4 Å². The van der Waals surface area contributed by atoms with E-state index in [2.05, 4.69) is 26.8 Å². The zero-order chi connectivity index (χ0) is 23.8. The summed E-state index contributed by atoms with van der Waals surface area (Å²) >= 11 is 1.68. The normalized spacial score (nSPS) is 20.4. The minimum absolute atomic E-state index is 0.0331. The molecule has 2 aromatic carbocycles. The summed E-state index contributed by atoms with van der Waals surface area (Å²) in [5, 5.41) is 0.999. The first-order chi connectivity index (χ1) is 17.2. The first-order valence-electron chi connectivity index (χ1n) is 12.3. The molecule has 1 aromatic heterocycles. The number of nitrogens with zero attached hydrogens (tertiary/aromatic N) is 4. The molecule has 6 rings (SSSR count). The van der Waals surface area contributed by atoms with E-state index >= 15 is 0 Å². The highest BCUT2D eigenvalue weighted by Crippen LogP contribution is 2.35. The standard InChI is InChI=1S/C26H30N4O4S/c1-32-20-5-6-21-24(14-20)35-26(27-21)30-8-2-3-19(16-30)25(31)29-11-9-28(10-12-29)15-18-4-7-22-23(13-18)34-17-33-22/h4-7,13-14,19H,2-3,8-12,15-17H2,1H3. The molecule has 0 spiro atoms. The molecule has 0 N–H and O–H groups in total. The second-order valence-corrected chi connectivity index (χ2v) is 10.4. The number of benzene rings is 2. The van der Waals surface area contributed by atoms with Crippen LogP contribution >= 0.6 is 11.3 Å². The van der Waals surface area contributed by atoms with E-state index in [4.69, 9.17) is 19.2 Å². The van der Waals surface area contributed by atoms with Crippen molar-refractivity contribution in [3.8, 4) is 17.2 Å². The Morgan fingerprint density at radius 2 is 1.94 bits per heavy atom. The fourth-order valence-electron chi connectivity index (χ4n) is 5.19. The van der Waals surface area contributed by atoms with E-state index in [0.29, 0.717) is 12.7 Å². The molecule has 3 aliphatic heterocycles. The largest absolute Gasteiger partial charge is 0.497 e. The van der Waals surface area contributed by atoms with Crippen molar-refractivity contribution >= 4 is 32.6 Å². The summed E-state index contributed by atoms with van der Waals surface area (Å²) in [4.78, 5) is 25.0. The Morgan fingerprint density at radius 3 is 2.80 bits per heavy atom. The van der Waals surface area contributed by atoms with Crippen LogP contribution in [0, 0.1) is 5.92 Å². The number of rotatable bonds is 5. The van der Waals surface area contributed by atoms with Crippen molar-refractivity contribution in [3.63, 3.8) is 0 Å². The van der Waals surface area contributed by atoms with E-state index in [0.717, 1.165) is 91.3 Å². The molecule has 3 aliphatic rings. The highest BCUT2D eigenvalue weighted by atomic mass is 32.1. The molecule has 2 fully saturated rings. The molecule has 1 unspecified atom stereocenters. The molecule has 0 radical (unpaired) electrons. The summed E-state index contributed by atoms with van der Waals surface area (Å²) in [6, 6.07) is 12.1. The third-order valence-corrected chi connectivity index (χ3v) is 8.23. The van der Waals surface area contributed by atoms with Crippen molar-refractivity contribution in [1.29, 1.82) is 0 Å². The van der Waals surface area contributed by atoms with Crippen LogP contribution in [0.15, 0.2) is 36.4 Å². The number of ether oxygens (including phenoxy) is 3. The van der Waals surface area contributed by atoms with Crippen LogP contribution < -0.4 is 19.1 Å². The number of hydrogen-bond donors (Lipinski definition) is 0. The number of hydrogen-bond acceptors (Lipinski definition) is 8. The number of carbonyl (C=O) groups excluding carboxylic acids is 1. The number of piperazine rings is 1. The van der Waals surface area contributed by atoms with Gasteiger partial charge in [-0.3, -0.25) is 9.69 Å². The lowest BCUT2D eigenvalue weighted by atomic mass is 9.96. The van der Waals surface area contributed by atoms with Crippen molar-refractivity contribution < 1.29 is 19.0 Å². The molecular formula is C26H30N4O4S. The summed E-state index contributed by atoms with van der Waals surface area (Å²) < 4.78 is 17.4. The molecule has 4 heterocycles. The molecule has 8 nitrogen and oxygen atoms in total. The van der Waals surface area contributed by atoms with E-state index in [1.165, 1.54) is 5.56 Å². The van der Waals surface area contributed by atoms with Gasteiger partial charge < -0.3 is 24.0 Å². The third-order valence-electron chi connectivity index (χ3n) is 7.15. The zero-order valence-corrected chi connectivity index (χ0v) is 20.8. The average Bonchev–Trinajstić information content (AvgIpc) is 3.55. The number of methoxy groups -OCH3 is 1. The predicted molar refractivity (Wildman–Crippen MR) is 136 cm³/mol. The molecule has 0 saturated carbocycles. The van der Waals surface area contributed by atoms with Crippen LogP contribution in [0.5, 0.6) is 17.2 Å². The van der Waals surface area contributed by atoms with Gasteiger partial charge in [-0.25, -0.2) is 4.98 Å². The van der Waals surface area contributed by atoms with Gasteiger partial charge in [-0.15, -0.1) is 0 Å². The Kier molecular flexibility index (Phi) is 6.12. The van der Waals surface area contributed by atoms with Crippen LogP contribution in [0.4, 0.5) is 5.13 Å². The minimum Gasteiger partial charge on any atom is -0.497 e. The number of fused-ring (bicyclic) bond motifs is 2. The van der Waals surface area contributed by atoms with Crippen LogP contribution in [0.1, 0.15) is 18.4 Å². The summed E-state index contributed by atoms with van der Waals surface area (Å²) in [6.45, 7) is 6.18. The van der Waals surface area contributed by atoms with Gasteiger partial charge in [-0.05, 0) is 48.7 Å². The SMILES string of the molecule is COc1ccc2nc(N3CCCC(C(=O)N4CCN(Cc5ccc6c(c5)OCO6)CC4)C3)sc2c1. The Morgan fingerprint density at radius 1 is 1.09 bits per heavy atom. The first kappa shape index (κ1) is 22.4. The van der Waals surface area contributed by atoms with Crippen LogP contribution in [-0.2, 0) is 11.3 Å². The monoisotopic (exact) mass is 494 g/mol. The summed E-state index contributed by atoms with van der Waals surface area (Å²) in [7, 11) is 1.68. The lowest BCUT2D eigenvalue weighted by Crippen LogP contribution is -2.52. The van der Waals surface area contributed by atoms with Gasteiger partial charge in [0, 0.05) is 45.8 Å². The van der Waals surface area contributed by atoms with Gasteiger partial charge in [-0.1, -0.05) is 17.4 Å². The fourth-order valence-corrected chi connectivity index (χ4v) is 6.22. The average molecular weight is 495 g/mol. The third kappa shape index (κ3) is 4.62. The lowest BCUT2D eigenvalue weighted by Gasteiger charge is -2.39. The Labute approximate surface area is 209 Å². The van der Waals surface area contributed by atoms with Crippen LogP contribution in [-0.4, -0.2) is 73.9 Å². The minimum atomic E-state index is 0.0331. The van der Waals surface area contributed by atoms with Gasteiger partial charge in [0.1, 0.15) is 5.75 Å². The quantitative estimate of drug-likeness (QED) is 0.537. The van der Waals surface area contributed by atoms with E-state index in [1.54, 1.807) is 18.4 Å². The maximum Gasteiger partial charge on any atom is 0.231 e. The number of amides is 1. The van der Waals surface area contributed by atoms with Gasteiger partial charge >= 0.3 is 0 Å². The maximum atomic E-state index is 13.4. The highest BCUT2D eigenvalue weighted by molar-refractivity contribution is 7.22. The van der Waals surface area contributed by atoms with E-state index < -0.39 is 0 Å². The highest BCUT2D eigenvalue weighted by Gasteiger charge is 2.32. The molecular weight excluding hydrogens is 464 g/mol. The van der Waals surface area contributed by atoms with Crippen molar-refractivity contribution in [2.45, 2.75) is 19.4 Å². The zero-order valence-electron chi connectivity index (χ0n) is 19.9. The van der Waals surface area contributed by atoms with Gasteiger partial charge in [0.2, 0.25) is 12.7 Å². The number of piperidine rings is 1. The Bertz CT molecular complexity index is 1220. The van der Waals surface area contributed by atoms with Gasteiger partial charge in [-0.2, -0.15) is 0 Å². The molecule has 35 heavy (non-hydrogen) atoms. The number of aromatic nitrogens is 1. The predicted octanol–water partition coefficient (Wildman–Crippen LogP) is 3.59. The molecule has 1 atom stereocenters. The van der Waals surface area contributed by atoms with E-state index in [-0.39, 0.29) is 5.92 Å². The maximum absolute atomic E-state index is 13.4. The van der Waals surface area contributed by atoms with Crippen LogP contribution in [0.25, 0.3) is 10.2 Å². The molecule has 2 saturated heterocycles. The smallest absolute Gasteiger partial charge is 0.231 e. The van der Waals surface area contributed by atoms with Crippen molar-refractivity contribution in [1.82, 2.24) is 14.8 Å². The fraction of sp³-hybridized carbons (Fsp3) is 0.462. The number of anilines is 1. The summed E-state index contributed by atoms with van der Waals surface area (Å²) in [6.07, 6.45) is 1.96. The molecule has 3 aromatic rings. The molecule has 184 valence electrons. The molecule has 9 heteroatoms. The van der Waals surface area contributed by atoms with Crippen molar-refractivity contribution in [3.05, 3.63) is 42.0 Å². The first-order valence-corrected chi connectivity index (χ1v) is 13.1. The molecule has 0 bridgehead atoms. The Hall–Kier alpha value is -3.04. The van der Waals surface area contributed by atoms with Crippen LogP contribution in [0.3, 0.4) is 0 Å². The second kappa shape index (κ2) is 9.54. The summed E-state index contributed by atoms with van der Waals surface area (Å²) in [5.41, 5.74) is 2.20. The van der Waals surface area contributed by atoms with Crippen LogP contribution in [0.2, 0.25) is 0 Å². The van der Waals surface area contributed by atoms with Crippen molar-refractivity contribution in [2.24, 2.45) is 5.92 Å². The lowest BCUT2D eigenvalue weighted by molar-refractivity contribution is -0.137. The number of thiazole rings is 1. The van der Waals surface area contributed by atoms with Crippen molar-refractivity contribution in [2.75, 3.05) is 58.1 Å². The van der Waals surface area contributed by atoms with Gasteiger partial charge in [0.15, 0.2) is 16.6 Å². The summed E-state index contributed by atoms with van der Waals surface area (Å²) in [5.74, 6) is 2.81. The second-order valence-electron chi connectivity index (χ2n) is 9.40.